The maximum Gasteiger partial charge on any atom is 0.276 e. The molecule has 1 aliphatic heterocycles. The SMILES string of the molecule is C[C@@H]1[C@H](CSc2ncccn2)O[C@H](c2ccc(NC(=O)C(Cl)(Cl)Cl)cc2)O[C@@H]1c1ccc(CO)cc1. The summed E-state index contributed by atoms with van der Waals surface area (Å²) in [4.78, 5) is 20.5. The van der Waals surface area contributed by atoms with Crippen LogP contribution in [0.15, 0.2) is 72.1 Å². The number of amides is 1. The van der Waals surface area contributed by atoms with Crippen molar-refractivity contribution in [2.45, 2.75) is 41.0 Å². The van der Waals surface area contributed by atoms with Crippen LogP contribution >= 0.6 is 46.6 Å². The van der Waals surface area contributed by atoms with Gasteiger partial charge in [0.15, 0.2) is 11.4 Å². The second-order valence-corrected chi connectivity index (χ2v) is 11.5. The van der Waals surface area contributed by atoms with Gasteiger partial charge in [0, 0.05) is 35.3 Å². The number of hydrogen-bond donors (Lipinski definition) is 2. The van der Waals surface area contributed by atoms with Crippen molar-refractivity contribution in [3.63, 3.8) is 0 Å². The maximum absolute atomic E-state index is 11.9. The first-order chi connectivity index (χ1) is 17.2. The van der Waals surface area contributed by atoms with Crippen molar-refractivity contribution in [3.05, 3.63) is 83.7 Å². The number of halogens is 3. The molecule has 0 saturated carbocycles. The summed E-state index contributed by atoms with van der Waals surface area (Å²) in [7, 11) is 0. The van der Waals surface area contributed by atoms with E-state index in [1.807, 2.05) is 24.3 Å². The lowest BCUT2D eigenvalue weighted by atomic mass is 9.91. The van der Waals surface area contributed by atoms with Crippen molar-refractivity contribution in [1.29, 1.82) is 0 Å². The van der Waals surface area contributed by atoms with Gasteiger partial charge in [-0.15, -0.1) is 0 Å². The minimum absolute atomic E-state index is 0.0232. The van der Waals surface area contributed by atoms with Crippen LogP contribution in [-0.2, 0) is 20.9 Å². The van der Waals surface area contributed by atoms with E-state index in [0.29, 0.717) is 16.6 Å². The maximum atomic E-state index is 11.9. The van der Waals surface area contributed by atoms with Crippen LogP contribution in [0.3, 0.4) is 0 Å². The molecule has 0 unspecified atom stereocenters. The van der Waals surface area contributed by atoms with Gasteiger partial charge in [0.1, 0.15) is 0 Å². The zero-order chi connectivity index (χ0) is 25.7. The Morgan fingerprint density at radius 1 is 1.03 bits per heavy atom. The van der Waals surface area contributed by atoms with Crippen LogP contribution in [0.5, 0.6) is 0 Å². The molecule has 36 heavy (non-hydrogen) atoms. The van der Waals surface area contributed by atoms with E-state index >= 15 is 0 Å². The monoisotopic (exact) mass is 567 g/mol. The zero-order valence-corrected chi connectivity index (χ0v) is 22.3. The molecule has 3 aromatic rings. The summed E-state index contributed by atoms with van der Waals surface area (Å²) in [5, 5.41) is 12.6. The fraction of sp³-hybridized carbons (Fsp3) is 0.320. The number of benzene rings is 2. The van der Waals surface area contributed by atoms with E-state index < -0.39 is 16.0 Å². The van der Waals surface area contributed by atoms with E-state index in [9.17, 15) is 9.90 Å². The number of hydrogen-bond acceptors (Lipinski definition) is 7. The number of thioether (sulfide) groups is 1. The van der Waals surface area contributed by atoms with Crippen LogP contribution in [0.25, 0.3) is 0 Å². The van der Waals surface area contributed by atoms with Gasteiger partial charge in [-0.05, 0) is 29.3 Å². The number of carbonyl (C=O) groups is 1. The van der Waals surface area contributed by atoms with E-state index in [1.165, 1.54) is 11.8 Å². The van der Waals surface area contributed by atoms with E-state index in [1.54, 1.807) is 42.7 Å². The van der Waals surface area contributed by atoms with Crippen LogP contribution in [0.1, 0.15) is 36.0 Å². The van der Waals surface area contributed by atoms with Crippen molar-refractivity contribution in [2.75, 3.05) is 11.1 Å². The zero-order valence-electron chi connectivity index (χ0n) is 19.2. The lowest BCUT2D eigenvalue weighted by Crippen LogP contribution is -2.38. The number of aliphatic hydroxyl groups excluding tert-OH is 1. The molecule has 0 bridgehead atoms. The minimum Gasteiger partial charge on any atom is -0.392 e. The van der Waals surface area contributed by atoms with Crippen molar-refractivity contribution in [2.24, 2.45) is 5.92 Å². The van der Waals surface area contributed by atoms with Gasteiger partial charge in [0.25, 0.3) is 9.70 Å². The number of aliphatic hydroxyl groups is 1. The van der Waals surface area contributed by atoms with Gasteiger partial charge in [0.2, 0.25) is 0 Å². The highest BCUT2D eigenvalue weighted by Crippen LogP contribution is 2.43. The summed E-state index contributed by atoms with van der Waals surface area (Å²) in [6, 6.07) is 16.5. The van der Waals surface area contributed by atoms with E-state index in [4.69, 9.17) is 44.3 Å². The van der Waals surface area contributed by atoms with Gasteiger partial charge in [-0.3, -0.25) is 4.79 Å². The Kier molecular flexibility index (Phi) is 9.11. The summed E-state index contributed by atoms with van der Waals surface area (Å²) in [6.07, 6.45) is 2.36. The molecule has 1 aromatic heterocycles. The van der Waals surface area contributed by atoms with Crippen molar-refractivity contribution >= 4 is 58.2 Å². The van der Waals surface area contributed by atoms with Crippen LogP contribution in [0.4, 0.5) is 5.69 Å². The van der Waals surface area contributed by atoms with Gasteiger partial charge in [-0.1, -0.05) is 89.9 Å². The third kappa shape index (κ3) is 6.89. The van der Waals surface area contributed by atoms with Crippen molar-refractivity contribution < 1.29 is 19.4 Å². The lowest BCUT2D eigenvalue weighted by molar-refractivity contribution is -0.268. The van der Waals surface area contributed by atoms with Crippen LogP contribution in [0, 0.1) is 5.92 Å². The molecule has 0 aliphatic carbocycles. The first kappa shape index (κ1) is 27.1. The summed E-state index contributed by atoms with van der Waals surface area (Å²) in [6.45, 7) is 2.07. The Morgan fingerprint density at radius 2 is 1.67 bits per heavy atom. The fourth-order valence-electron chi connectivity index (χ4n) is 3.75. The van der Waals surface area contributed by atoms with E-state index in [2.05, 4.69) is 22.2 Å². The molecular weight excluding hydrogens is 545 g/mol. The number of anilines is 1. The second-order valence-electron chi connectivity index (χ2n) is 8.24. The quantitative estimate of drug-likeness (QED) is 0.209. The number of nitrogens with one attached hydrogen (secondary N) is 1. The number of nitrogens with zero attached hydrogens (tertiary/aromatic N) is 2. The number of rotatable bonds is 7. The Hall–Kier alpha value is -1.91. The number of ether oxygens (including phenoxy) is 2. The molecule has 4 rings (SSSR count). The average Bonchev–Trinajstić information content (AvgIpc) is 2.89. The molecule has 2 heterocycles. The van der Waals surface area contributed by atoms with Gasteiger partial charge in [-0.25, -0.2) is 9.97 Å². The van der Waals surface area contributed by atoms with Gasteiger partial charge in [-0.2, -0.15) is 0 Å². The topological polar surface area (TPSA) is 93.6 Å². The minimum atomic E-state index is -2.06. The Labute approximate surface area is 228 Å². The Balaban J connectivity index is 1.55. The first-order valence-corrected chi connectivity index (χ1v) is 13.2. The summed E-state index contributed by atoms with van der Waals surface area (Å²) in [5.41, 5.74) is 3.07. The Morgan fingerprint density at radius 3 is 2.28 bits per heavy atom. The third-order valence-electron chi connectivity index (χ3n) is 5.74. The highest BCUT2D eigenvalue weighted by Gasteiger charge is 2.38. The molecule has 2 N–H and O–H groups in total. The van der Waals surface area contributed by atoms with Crippen LogP contribution < -0.4 is 5.32 Å². The summed E-state index contributed by atoms with van der Waals surface area (Å²) < 4.78 is 10.8. The highest BCUT2D eigenvalue weighted by molar-refractivity contribution is 7.99. The summed E-state index contributed by atoms with van der Waals surface area (Å²) >= 11 is 18.4. The number of carbonyl (C=O) groups excluding carboxylic acids is 1. The standard InChI is InChI=1S/C25H24Cl3N3O4S/c1-15-20(14-36-24-29-11-2-12-30-24)34-22(35-21(15)17-5-3-16(13-32)4-6-17)18-7-9-19(10-8-18)31-23(33)25(26,27)28/h2-12,15,20-22,32H,13-14H2,1H3,(H,31,33)/t15-,20+,21+,22+/m1/s1. The predicted octanol–water partition coefficient (Wildman–Crippen LogP) is 5.86. The Bertz CT molecular complexity index is 1150. The van der Waals surface area contributed by atoms with E-state index in [-0.39, 0.29) is 24.7 Å². The molecule has 1 aliphatic rings. The fourth-order valence-corrected chi connectivity index (χ4v) is 4.86. The lowest BCUT2D eigenvalue weighted by Gasteiger charge is -2.41. The highest BCUT2D eigenvalue weighted by atomic mass is 35.6. The summed E-state index contributed by atoms with van der Waals surface area (Å²) in [5.74, 6) is -0.0839. The van der Waals surface area contributed by atoms with Crippen LogP contribution in [-0.4, -0.2) is 36.6 Å². The third-order valence-corrected chi connectivity index (χ3v) is 7.22. The molecule has 0 radical (unpaired) electrons. The van der Waals surface area contributed by atoms with Gasteiger partial charge in [0.05, 0.1) is 18.8 Å². The molecular formula is C25H24Cl3N3O4S. The van der Waals surface area contributed by atoms with Crippen molar-refractivity contribution in [1.82, 2.24) is 9.97 Å². The molecule has 190 valence electrons. The second kappa shape index (κ2) is 12.1. The molecule has 1 fully saturated rings. The number of alkyl halides is 3. The predicted molar refractivity (Wildman–Crippen MR) is 141 cm³/mol. The molecule has 7 nitrogen and oxygen atoms in total. The normalized spacial score (nSPS) is 22.2. The van der Waals surface area contributed by atoms with E-state index in [0.717, 1.165) is 16.7 Å². The molecule has 2 aromatic carbocycles. The number of aromatic nitrogens is 2. The van der Waals surface area contributed by atoms with Gasteiger partial charge >= 0.3 is 0 Å². The molecule has 1 amide bonds. The van der Waals surface area contributed by atoms with Crippen molar-refractivity contribution in [3.8, 4) is 0 Å². The average molecular weight is 569 g/mol. The molecule has 0 spiro atoms. The first-order valence-electron chi connectivity index (χ1n) is 11.1. The van der Waals surface area contributed by atoms with Crippen LogP contribution in [0.2, 0.25) is 0 Å². The molecule has 1 saturated heterocycles. The van der Waals surface area contributed by atoms with Gasteiger partial charge < -0.3 is 19.9 Å². The molecule has 4 atom stereocenters. The molecule has 11 heteroatoms. The largest absolute Gasteiger partial charge is 0.392 e. The smallest absolute Gasteiger partial charge is 0.276 e.